The van der Waals surface area contributed by atoms with Crippen LogP contribution in [0.15, 0.2) is 213 Å². The molecular formula is C71H75IN10O3. The van der Waals surface area contributed by atoms with Crippen molar-refractivity contribution < 1.29 is 42.9 Å². The molecule has 0 aromatic heterocycles. The minimum atomic E-state index is -0.815. The average molecular weight is 1240 g/mol. The lowest BCUT2D eigenvalue weighted by Crippen LogP contribution is -3.00. The Bertz CT molecular complexity index is 3840. The average Bonchev–Trinajstić information content (AvgIpc) is 3.33. The first-order valence-electron chi connectivity index (χ1n) is 29.9. The molecule has 0 bridgehead atoms. The van der Waals surface area contributed by atoms with Crippen molar-refractivity contribution in [2.75, 3.05) is 66.3 Å². The van der Waals surface area contributed by atoms with Gasteiger partial charge in [-0.05, 0) is 118 Å². The molecule has 2 fully saturated rings. The van der Waals surface area contributed by atoms with Crippen LogP contribution in [0.3, 0.4) is 0 Å². The number of piperazine rings is 1. The van der Waals surface area contributed by atoms with E-state index in [0.29, 0.717) is 31.9 Å². The number of para-hydroxylation sites is 2. The van der Waals surface area contributed by atoms with E-state index >= 15 is 0 Å². The van der Waals surface area contributed by atoms with Crippen molar-refractivity contribution in [1.82, 2.24) is 4.90 Å². The summed E-state index contributed by atoms with van der Waals surface area (Å²) in [7, 11) is 0. The standard InChI is InChI=1S/C71H75N10O3.HI/c1-8-80-61-31-17-15-28-54(61)69(3,4)63(80)39-33-48-21-19-22-49(34-40-64-70(5,6)55-29-16-18-32-62(55)81(64)9-2)68(48)79-45-43-78(44-46-79)65(82)41-42-66(83)84-47-71(7)72-59-30-20-27-53-58(37-38-60(73-71)67(53)59)77-76-57-36-35-56(51-25-13-14-26-52(51)57)75-74-50-23-11-10-12-24-50;/h10-18,20,23-40,72-73H,8-9,19,21-22,41-47H2,1-7H3;1H/q+1;/p-1. The van der Waals surface area contributed by atoms with Crippen molar-refractivity contribution in [2.45, 2.75) is 97.1 Å². The number of fused-ring (bicyclic) bond motifs is 3. The maximum atomic E-state index is 13.9. The number of nitrogens with one attached hydrogen (secondary N) is 2. The van der Waals surface area contributed by atoms with E-state index in [4.69, 9.17) is 15.0 Å². The molecule has 0 spiro atoms. The highest BCUT2D eigenvalue weighted by Crippen LogP contribution is 2.50. The number of anilines is 4. The number of halogens is 1. The number of azo groups is 2. The smallest absolute Gasteiger partial charge is 0.306 e. The van der Waals surface area contributed by atoms with E-state index in [1.165, 1.54) is 50.8 Å². The highest BCUT2D eigenvalue weighted by Gasteiger charge is 2.41. The lowest BCUT2D eigenvalue weighted by Gasteiger charge is -2.38. The Morgan fingerprint density at radius 3 is 1.64 bits per heavy atom. The van der Waals surface area contributed by atoms with Gasteiger partial charge in [-0.25, -0.2) is 4.58 Å². The highest BCUT2D eigenvalue weighted by atomic mass is 127. The Balaban J connectivity index is 0.00000752. The third-order valence-corrected chi connectivity index (χ3v) is 17.6. The molecule has 12 rings (SSSR count). The third kappa shape index (κ3) is 11.4. The van der Waals surface area contributed by atoms with Gasteiger partial charge in [-0.3, -0.25) is 9.59 Å². The maximum Gasteiger partial charge on any atom is 0.306 e. The molecular weight excluding hydrogens is 1170 g/mol. The highest BCUT2D eigenvalue weighted by molar-refractivity contribution is 6.11. The molecule has 1 saturated heterocycles. The van der Waals surface area contributed by atoms with Crippen molar-refractivity contribution in [3.8, 4) is 0 Å². The molecule has 5 aliphatic rings. The third-order valence-electron chi connectivity index (χ3n) is 17.6. The normalized spacial score (nSPS) is 20.6. The van der Waals surface area contributed by atoms with Crippen LogP contribution in [0.5, 0.6) is 0 Å². The number of esters is 1. The van der Waals surface area contributed by atoms with E-state index in [1.54, 1.807) is 0 Å². The van der Waals surface area contributed by atoms with Gasteiger partial charge in [-0.2, -0.15) is 5.11 Å². The molecule has 14 heteroatoms. The number of carbonyl (C=O) groups excluding carboxylic acids is 2. The van der Waals surface area contributed by atoms with E-state index in [0.717, 1.165) is 82.3 Å². The molecule has 1 aliphatic carbocycles. The van der Waals surface area contributed by atoms with Gasteiger partial charge in [0.25, 0.3) is 0 Å². The fraction of sp³-hybridized carbons (Fsp3) is 0.310. The van der Waals surface area contributed by atoms with Gasteiger partial charge < -0.3 is 54.0 Å². The van der Waals surface area contributed by atoms with Crippen LogP contribution in [0.25, 0.3) is 21.5 Å². The van der Waals surface area contributed by atoms with Gasteiger partial charge in [0.05, 0.1) is 42.3 Å². The van der Waals surface area contributed by atoms with Crippen molar-refractivity contribution in [3.05, 3.63) is 204 Å². The SMILES string of the molecule is CCN1/C(=C\C=C2/CCC/C(=C\C=C3\N(CC)c4ccccc4C3(C)C)C2=[N+]2CCN(C(=O)CCC(=O)OCC3(C)Nc4cccc5c(N=Nc6ccc(N=Nc7ccccc7)c7ccccc67)ccc(c45)N3)CC2)C(C)(C)c2ccccc21.[I-]. The first kappa shape index (κ1) is 58.5. The van der Waals surface area contributed by atoms with Gasteiger partial charge >= 0.3 is 5.97 Å². The van der Waals surface area contributed by atoms with Crippen LogP contribution in [0.1, 0.15) is 91.7 Å². The number of carbonyl (C=O) groups is 2. The lowest BCUT2D eigenvalue weighted by molar-refractivity contribution is -0.537. The Morgan fingerprint density at radius 2 is 1.06 bits per heavy atom. The monoisotopic (exact) mass is 1240 g/mol. The molecule has 1 atom stereocenters. The number of hydrogen-bond acceptors (Lipinski definition) is 11. The molecule has 1 unspecified atom stereocenters. The minimum absolute atomic E-state index is 0. The number of amides is 1. The molecule has 4 aliphatic heterocycles. The van der Waals surface area contributed by atoms with Crippen LogP contribution in [-0.2, 0) is 25.2 Å². The van der Waals surface area contributed by atoms with Crippen LogP contribution < -0.4 is 44.4 Å². The number of hydrogen-bond donors (Lipinski definition) is 2. The van der Waals surface area contributed by atoms with Gasteiger partial charge in [-0.1, -0.05) is 131 Å². The summed E-state index contributed by atoms with van der Waals surface area (Å²) >= 11 is 0. The minimum Gasteiger partial charge on any atom is -1.00 e. The largest absolute Gasteiger partial charge is 1.00 e. The van der Waals surface area contributed by atoms with Gasteiger partial charge in [0.2, 0.25) is 11.6 Å². The Kier molecular flexibility index (Phi) is 16.8. The van der Waals surface area contributed by atoms with Crippen LogP contribution in [-0.4, -0.2) is 78.6 Å². The number of likely N-dealkylation sites (N-methyl/N-ethyl adjacent to an activating group) is 2. The second-order valence-corrected chi connectivity index (χ2v) is 23.8. The summed E-state index contributed by atoms with van der Waals surface area (Å²) in [5, 5.41) is 29.5. The Hall–Kier alpha value is -8.24. The number of nitrogens with zero attached hydrogens (tertiary/aromatic N) is 8. The predicted octanol–water partition coefficient (Wildman–Crippen LogP) is 13.4. The first-order chi connectivity index (χ1) is 40.7. The van der Waals surface area contributed by atoms with Gasteiger partial charge in [0.1, 0.15) is 12.3 Å². The second kappa shape index (κ2) is 24.4. The molecule has 2 N–H and O–H groups in total. The number of allylic oxidation sites excluding steroid dienone is 8. The number of benzene rings is 7. The molecule has 1 saturated carbocycles. The molecule has 13 nitrogen and oxygen atoms in total. The summed E-state index contributed by atoms with van der Waals surface area (Å²) in [5.74, 6) is -0.446. The Labute approximate surface area is 516 Å². The van der Waals surface area contributed by atoms with E-state index < -0.39 is 11.6 Å². The van der Waals surface area contributed by atoms with Crippen molar-refractivity contribution in [3.63, 3.8) is 0 Å². The fourth-order valence-electron chi connectivity index (χ4n) is 13.3. The molecule has 4 heterocycles. The van der Waals surface area contributed by atoms with Crippen molar-refractivity contribution >= 4 is 84.6 Å². The summed E-state index contributed by atoms with van der Waals surface area (Å²) in [6.07, 6.45) is 12.7. The molecule has 434 valence electrons. The van der Waals surface area contributed by atoms with E-state index in [1.807, 2.05) is 109 Å². The van der Waals surface area contributed by atoms with Crippen LogP contribution in [0.4, 0.5) is 45.5 Å². The van der Waals surface area contributed by atoms with Crippen LogP contribution in [0.2, 0.25) is 0 Å². The molecule has 7 aromatic rings. The van der Waals surface area contributed by atoms with Crippen molar-refractivity contribution in [1.29, 1.82) is 0 Å². The molecule has 7 aromatic carbocycles. The quantitative estimate of drug-likeness (QED) is 0.0509. The number of ether oxygens (including phenoxy) is 1. The lowest BCUT2D eigenvalue weighted by atomic mass is 9.82. The maximum absolute atomic E-state index is 13.9. The summed E-state index contributed by atoms with van der Waals surface area (Å²) in [6.45, 7) is 20.2. The zero-order valence-corrected chi connectivity index (χ0v) is 52.0. The number of rotatable bonds is 13. The van der Waals surface area contributed by atoms with E-state index in [9.17, 15) is 9.59 Å². The molecule has 85 heavy (non-hydrogen) atoms. The molecule has 1 amide bonds. The van der Waals surface area contributed by atoms with Gasteiger partial charge in [0.15, 0.2) is 13.1 Å². The summed E-state index contributed by atoms with van der Waals surface area (Å²) in [4.78, 5) is 34.3. The van der Waals surface area contributed by atoms with Crippen LogP contribution >= 0.6 is 0 Å². The zero-order chi connectivity index (χ0) is 58.2. The van der Waals surface area contributed by atoms with Crippen molar-refractivity contribution in [2.24, 2.45) is 20.5 Å². The first-order valence-corrected chi connectivity index (χ1v) is 29.9. The summed E-state index contributed by atoms with van der Waals surface area (Å²) in [6, 6.07) is 49.1. The zero-order valence-electron chi connectivity index (χ0n) is 49.8. The topological polar surface area (TPSA) is 130 Å². The summed E-state index contributed by atoms with van der Waals surface area (Å²) in [5.41, 5.74) is 15.5. The fourth-order valence-corrected chi connectivity index (χ4v) is 13.3. The summed E-state index contributed by atoms with van der Waals surface area (Å²) < 4.78 is 8.45. The van der Waals surface area contributed by atoms with E-state index in [2.05, 4.69) is 150 Å². The van der Waals surface area contributed by atoms with E-state index in [-0.39, 0.29) is 60.2 Å². The Morgan fingerprint density at radius 1 is 0.565 bits per heavy atom. The molecule has 0 radical (unpaired) electrons. The predicted molar refractivity (Wildman–Crippen MR) is 341 cm³/mol. The van der Waals surface area contributed by atoms with Crippen LogP contribution in [0, 0.1) is 0 Å². The van der Waals surface area contributed by atoms with Gasteiger partial charge in [-0.15, -0.1) is 15.3 Å². The second-order valence-electron chi connectivity index (χ2n) is 23.8. The van der Waals surface area contributed by atoms with Gasteiger partial charge in [0, 0.05) is 97.2 Å².